The number of rotatable bonds is 5. The molecule has 130 valence electrons. The van der Waals surface area contributed by atoms with Crippen LogP contribution in [0, 0.1) is 5.82 Å². The minimum atomic E-state index is -0.459. The molecule has 0 bridgehead atoms. The second-order valence-corrected chi connectivity index (χ2v) is 6.15. The fourth-order valence-corrected chi connectivity index (χ4v) is 3.39. The van der Waals surface area contributed by atoms with Crippen molar-refractivity contribution in [1.29, 1.82) is 0 Å². The number of carbonyl (C=O) groups is 1. The molecule has 0 aliphatic heterocycles. The molecule has 0 spiro atoms. The molecule has 26 heavy (non-hydrogen) atoms. The number of halogens is 1. The van der Waals surface area contributed by atoms with Gasteiger partial charge in [-0.15, -0.1) is 0 Å². The molecule has 2 aromatic carbocycles. The van der Waals surface area contributed by atoms with E-state index in [4.69, 9.17) is 9.47 Å². The number of fused-ring (bicyclic) bond motifs is 1. The van der Waals surface area contributed by atoms with Gasteiger partial charge in [-0.05, 0) is 24.3 Å². The Morgan fingerprint density at radius 2 is 2.08 bits per heavy atom. The molecule has 4 aromatic rings. The first-order valence-electron chi connectivity index (χ1n) is 7.59. The molecule has 0 amide bonds. The van der Waals surface area contributed by atoms with E-state index in [-0.39, 0.29) is 11.6 Å². The number of hydrogen-bond donors (Lipinski definition) is 0. The van der Waals surface area contributed by atoms with E-state index in [0.717, 1.165) is 10.9 Å². The minimum absolute atomic E-state index is 0.174. The van der Waals surface area contributed by atoms with Crippen molar-refractivity contribution in [3.63, 3.8) is 0 Å². The zero-order valence-corrected chi connectivity index (χ0v) is 14.4. The predicted octanol–water partition coefficient (Wildman–Crippen LogP) is 3.83. The summed E-state index contributed by atoms with van der Waals surface area (Å²) in [4.78, 5) is 14.7. The van der Waals surface area contributed by atoms with E-state index < -0.39 is 5.82 Å². The number of nitrogens with zero attached hydrogens (tertiary/aromatic N) is 3. The molecule has 0 atom stereocenters. The van der Waals surface area contributed by atoms with Crippen molar-refractivity contribution < 1.29 is 18.7 Å². The molecule has 4 rings (SSSR count). The van der Waals surface area contributed by atoms with Gasteiger partial charge in [-0.25, -0.2) is 9.07 Å². The van der Waals surface area contributed by atoms with Crippen molar-refractivity contribution in [1.82, 2.24) is 14.8 Å². The molecule has 0 radical (unpaired) electrons. The number of methoxy groups -OCH3 is 1. The van der Waals surface area contributed by atoms with Crippen LogP contribution >= 0.6 is 11.3 Å². The molecule has 0 fully saturated rings. The molecular formula is C18H12FN3O3S. The monoisotopic (exact) mass is 369 g/mol. The van der Waals surface area contributed by atoms with Gasteiger partial charge in [0.1, 0.15) is 5.69 Å². The summed E-state index contributed by atoms with van der Waals surface area (Å²) in [6.07, 6.45) is 0. The predicted molar refractivity (Wildman–Crippen MR) is 95.4 cm³/mol. The zero-order chi connectivity index (χ0) is 18.1. The lowest BCUT2D eigenvalue weighted by molar-refractivity contribution is -0.120. The second-order valence-electron chi connectivity index (χ2n) is 5.31. The third kappa shape index (κ3) is 2.70. The fourth-order valence-electron chi connectivity index (χ4n) is 2.69. The molecule has 2 heterocycles. The summed E-state index contributed by atoms with van der Waals surface area (Å²) >= 11 is 1.29. The van der Waals surface area contributed by atoms with E-state index >= 15 is 0 Å². The average molecular weight is 369 g/mol. The van der Waals surface area contributed by atoms with Crippen LogP contribution < -0.4 is 9.47 Å². The standard InChI is InChI=1S/C18H12FN3O3S/c1-24-15-7-6-11(8-13(15)19)17-12-4-2-3-5-14(12)22(21-17)18-20-16(9-26-18)25-10-23/h2-10H,1H3. The van der Waals surface area contributed by atoms with E-state index in [1.165, 1.54) is 24.5 Å². The largest absolute Gasteiger partial charge is 0.494 e. The molecular weight excluding hydrogens is 357 g/mol. The van der Waals surface area contributed by atoms with Crippen molar-refractivity contribution in [2.75, 3.05) is 7.11 Å². The summed E-state index contributed by atoms with van der Waals surface area (Å²) in [7, 11) is 1.42. The lowest BCUT2D eigenvalue weighted by Gasteiger charge is -2.03. The number of hydrogen-bond acceptors (Lipinski definition) is 6. The SMILES string of the molecule is COc1ccc(-c2nn(-c3nc(OC=O)cs3)c3ccccc23)cc1F. The first kappa shape index (κ1) is 16.2. The van der Waals surface area contributed by atoms with Crippen LogP contribution in [-0.4, -0.2) is 28.3 Å². The van der Waals surface area contributed by atoms with Crippen molar-refractivity contribution >= 4 is 28.7 Å². The molecule has 0 aliphatic rings. The van der Waals surface area contributed by atoms with Gasteiger partial charge < -0.3 is 9.47 Å². The van der Waals surface area contributed by atoms with E-state index in [9.17, 15) is 9.18 Å². The number of carbonyl (C=O) groups excluding carboxylic acids is 1. The topological polar surface area (TPSA) is 66.2 Å². The van der Waals surface area contributed by atoms with E-state index in [1.54, 1.807) is 22.2 Å². The maximum absolute atomic E-state index is 14.1. The molecule has 0 saturated heterocycles. The quantitative estimate of drug-likeness (QED) is 0.500. The summed E-state index contributed by atoms with van der Waals surface area (Å²) in [6, 6.07) is 12.3. The highest BCUT2D eigenvalue weighted by Crippen LogP contribution is 2.33. The number of aromatic nitrogens is 3. The van der Waals surface area contributed by atoms with Crippen LogP contribution in [0.25, 0.3) is 27.3 Å². The van der Waals surface area contributed by atoms with Gasteiger partial charge in [0.2, 0.25) is 11.0 Å². The van der Waals surface area contributed by atoms with Crippen molar-refractivity contribution in [3.05, 3.63) is 53.7 Å². The Morgan fingerprint density at radius 3 is 2.85 bits per heavy atom. The van der Waals surface area contributed by atoms with E-state index in [2.05, 4.69) is 10.1 Å². The Kier molecular flexibility index (Phi) is 4.10. The van der Waals surface area contributed by atoms with Gasteiger partial charge in [-0.3, -0.25) is 4.79 Å². The molecule has 0 unspecified atom stereocenters. The summed E-state index contributed by atoms with van der Waals surface area (Å²) in [5.74, 6) is -0.0794. The van der Waals surface area contributed by atoms with Gasteiger partial charge in [0, 0.05) is 10.9 Å². The van der Waals surface area contributed by atoms with Crippen molar-refractivity contribution in [2.24, 2.45) is 0 Å². The molecule has 0 saturated carbocycles. The Hall–Kier alpha value is -3.26. The number of benzene rings is 2. The van der Waals surface area contributed by atoms with Gasteiger partial charge in [-0.2, -0.15) is 10.1 Å². The van der Waals surface area contributed by atoms with Crippen molar-refractivity contribution in [3.8, 4) is 28.0 Å². The Morgan fingerprint density at radius 1 is 1.23 bits per heavy atom. The van der Waals surface area contributed by atoms with Crippen molar-refractivity contribution in [2.45, 2.75) is 0 Å². The summed E-state index contributed by atoms with van der Waals surface area (Å²) in [6.45, 7) is 0.325. The van der Waals surface area contributed by atoms with Crippen LogP contribution in [0.2, 0.25) is 0 Å². The highest BCUT2D eigenvalue weighted by atomic mass is 32.1. The van der Waals surface area contributed by atoms with Crippen LogP contribution in [0.5, 0.6) is 11.6 Å². The number of para-hydroxylation sites is 1. The lowest BCUT2D eigenvalue weighted by atomic mass is 10.1. The van der Waals surface area contributed by atoms with Gasteiger partial charge in [0.05, 0.1) is 18.0 Å². The maximum atomic E-state index is 14.1. The number of thiazole rings is 1. The summed E-state index contributed by atoms with van der Waals surface area (Å²) < 4.78 is 25.5. The Balaban J connectivity index is 1.88. The third-order valence-corrected chi connectivity index (χ3v) is 4.63. The normalized spacial score (nSPS) is 10.8. The van der Waals surface area contributed by atoms with Gasteiger partial charge in [0.15, 0.2) is 11.6 Å². The fraction of sp³-hybridized carbons (Fsp3) is 0.0556. The molecule has 0 N–H and O–H groups in total. The average Bonchev–Trinajstić information content (AvgIpc) is 3.26. The molecule has 8 heteroatoms. The maximum Gasteiger partial charge on any atom is 0.299 e. The second kappa shape index (κ2) is 6.57. The van der Waals surface area contributed by atoms with Gasteiger partial charge in [0.25, 0.3) is 6.47 Å². The van der Waals surface area contributed by atoms with Crippen LogP contribution in [0.15, 0.2) is 47.8 Å². The van der Waals surface area contributed by atoms with E-state index in [1.807, 2.05) is 24.3 Å². The number of ether oxygens (including phenoxy) is 2. The lowest BCUT2D eigenvalue weighted by Crippen LogP contribution is -1.97. The summed E-state index contributed by atoms with van der Waals surface area (Å²) in [5.41, 5.74) is 2.06. The van der Waals surface area contributed by atoms with Gasteiger partial charge in [-0.1, -0.05) is 29.5 Å². The minimum Gasteiger partial charge on any atom is -0.494 e. The van der Waals surface area contributed by atoms with Crippen LogP contribution in [0.1, 0.15) is 0 Å². The molecule has 0 aliphatic carbocycles. The summed E-state index contributed by atoms with van der Waals surface area (Å²) in [5, 5.41) is 7.62. The Labute approximate surface area is 151 Å². The molecule has 6 nitrogen and oxygen atoms in total. The highest BCUT2D eigenvalue weighted by Gasteiger charge is 2.17. The first-order valence-corrected chi connectivity index (χ1v) is 8.47. The van der Waals surface area contributed by atoms with Crippen LogP contribution in [-0.2, 0) is 4.79 Å². The first-order chi connectivity index (χ1) is 12.7. The third-order valence-electron chi connectivity index (χ3n) is 3.83. The smallest absolute Gasteiger partial charge is 0.299 e. The highest BCUT2D eigenvalue weighted by molar-refractivity contribution is 7.12. The zero-order valence-electron chi connectivity index (χ0n) is 13.5. The van der Waals surface area contributed by atoms with Crippen LogP contribution in [0.3, 0.4) is 0 Å². The Bertz CT molecular complexity index is 1110. The van der Waals surface area contributed by atoms with Gasteiger partial charge >= 0.3 is 0 Å². The van der Waals surface area contributed by atoms with E-state index in [0.29, 0.717) is 22.9 Å². The van der Waals surface area contributed by atoms with Crippen LogP contribution in [0.4, 0.5) is 4.39 Å². The molecule has 2 aromatic heterocycles.